The molecule has 3 saturated carbocycles. The first-order valence-electron chi connectivity index (χ1n) is 12.6. The standard InChI is InChI=1S/C27H44O2/c1-17(2)7-6-8-18(3)21-9-10-22-20-16-25(29)24-15-19(28)11-13-27(24,5)23(20)12-14-26(21,22)4/h15,17-18,20-23,25,29H,6-14,16H2,1-5H3/t18-,20+,21-,22+,23+,25-,26-,27-/m1/s1. The van der Waals surface area contributed by atoms with Crippen molar-refractivity contribution in [3.05, 3.63) is 11.6 Å². The van der Waals surface area contributed by atoms with E-state index < -0.39 is 6.10 Å². The number of hydrogen-bond acceptors (Lipinski definition) is 2. The van der Waals surface area contributed by atoms with Gasteiger partial charge in [-0.3, -0.25) is 4.79 Å². The second-order valence-corrected chi connectivity index (χ2v) is 12.1. The monoisotopic (exact) mass is 400 g/mol. The van der Waals surface area contributed by atoms with Crippen molar-refractivity contribution in [3.8, 4) is 0 Å². The highest BCUT2D eigenvalue weighted by Gasteiger charge is 2.60. The summed E-state index contributed by atoms with van der Waals surface area (Å²) < 4.78 is 0. The Kier molecular flexibility index (Phi) is 5.82. The Morgan fingerprint density at radius 2 is 1.83 bits per heavy atom. The minimum absolute atomic E-state index is 0.0541. The van der Waals surface area contributed by atoms with Crippen LogP contribution in [0.1, 0.15) is 98.8 Å². The molecule has 0 radical (unpaired) electrons. The van der Waals surface area contributed by atoms with Crippen molar-refractivity contribution in [2.24, 2.45) is 46.3 Å². The van der Waals surface area contributed by atoms with Crippen LogP contribution in [0, 0.1) is 46.3 Å². The normalized spacial score (nSPS) is 45.4. The highest BCUT2D eigenvalue weighted by Crippen LogP contribution is 2.67. The molecule has 2 heteroatoms. The van der Waals surface area contributed by atoms with Crippen LogP contribution in [0.3, 0.4) is 0 Å². The van der Waals surface area contributed by atoms with E-state index in [0.29, 0.717) is 23.7 Å². The Labute approximate surface area is 178 Å². The molecule has 0 amide bonds. The van der Waals surface area contributed by atoms with Crippen molar-refractivity contribution in [3.63, 3.8) is 0 Å². The quantitative estimate of drug-likeness (QED) is 0.567. The van der Waals surface area contributed by atoms with Gasteiger partial charge in [0.05, 0.1) is 6.10 Å². The fraction of sp³-hybridized carbons (Fsp3) is 0.889. The smallest absolute Gasteiger partial charge is 0.155 e. The Hall–Kier alpha value is -0.630. The molecule has 0 aromatic carbocycles. The van der Waals surface area contributed by atoms with Crippen molar-refractivity contribution in [2.45, 2.75) is 105 Å². The van der Waals surface area contributed by atoms with E-state index in [2.05, 4.69) is 34.6 Å². The molecule has 2 nitrogen and oxygen atoms in total. The summed E-state index contributed by atoms with van der Waals surface area (Å²) in [6.45, 7) is 12.2. The van der Waals surface area contributed by atoms with E-state index in [1.165, 1.54) is 44.9 Å². The van der Waals surface area contributed by atoms with Crippen molar-refractivity contribution >= 4 is 5.78 Å². The van der Waals surface area contributed by atoms with E-state index >= 15 is 0 Å². The van der Waals surface area contributed by atoms with Crippen LogP contribution in [-0.2, 0) is 4.79 Å². The number of aliphatic hydroxyl groups is 1. The topological polar surface area (TPSA) is 37.3 Å². The van der Waals surface area contributed by atoms with Gasteiger partial charge < -0.3 is 5.11 Å². The first-order valence-corrected chi connectivity index (χ1v) is 12.6. The Morgan fingerprint density at radius 1 is 1.07 bits per heavy atom. The number of hydrogen-bond donors (Lipinski definition) is 1. The fourth-order valence-corrected chi connectivity index (χ4v) is 8.63. The van der Waals surface area contributed by atoms with E-state index in [1.54, 1.807) is 0 Å². The molecule has 29 heavy (non-hydrogen) atoms. The van der Waals surface area contributed by atoms with Gasteiger partial charge in [0.15, 0.2) is 5.78 Å². The molecule has 3 fully saturated rings. The molecule has 1 N–H and O–H groups in total. The molecule has 4 aliphatic rings. The molecule has 0 unspecified atom stereocenters. The summed E-state index contributed by atoms with van der Waals surface area (Å²) in [6, 6.07) is 0. The lowest BCUT2D eigenvalue weighted by molar-refractivity contribution is -0.119. The summed E-state index contributed by atoms with van der Waals surface area (Å²) in [6.07, 6.45) is 13.5. The predicted octanol–water partition coefficient (Wildman–Crippen LogP) is 6.57. The molecule has 0 spiro atoms. The molecule has 0 saturated heterocycles. The van der Waals surface area contributed by atoms with E-state index in [1.807, 2.05) is 6.08 Å². The third-order valence-electron chi connectivity index (χ3n) is 10.2. The molecular formula is C27H44O2. The number of aliphatic hydroxyl groups excluding tert-OH is 1. The first-order chi connectivity index (χ1) is 13.7. The van der Waals surface area contributed by atoms with Gasteiger partial charge in [0.1, 0.15) is 0 Å². The molecule has 0 aromatic rings. The van der Waals surface area contributed by atoms with Gasteiger partial charge >= 0.3 is 0 Å². The van der Waals surface area contributed by atoms with Gasteiger partial charge in [-0.15, -0.1) is 0 Å². The van der Waals surface area contributed by atoms with Crippen molar-refractivity contribution in [1.29, 1.82) is 0 Å². The third kappa shape index (κ3) is 3.56. The number of carbonyl (C=O) groups excluding carboxylic acids is 1. The average Bonchev–Trinajstić information content (AvgIpc) is 3.00. The average molecular weight is 401 g/mol. The van der Waals surface area contributed by atoms with Crippen molar-refractivity contribution < 1.29 is 9.90 Å². The maximum absolute atomic E-state index is 12.1. The molecule has 0 heterocycles. The van der Waals surface area contributed by atoms with Crippen LogP contribution in [0.15, 0.2) is 11.6 Å². The van der Waals surface area contributed by atoms with Crippen LogP contribution in [0.4, 0.5) is 0 Å². The van der Waals surface area contributed by atoms with Crippen LogP contribution in [-0.4, -0.2) is 17.0 Å². The first kappa shape index (κ1) is 21.6. The summed E-state index contributed by atoms with van der Waals surface area (Å²) >= 11 is 0. The molecule has 164 valence electrons. The molecule has 4 rings (SSSR count). The van der Waals surface area contributed by atoms with E-state index in [9.17, 15) is 9.90 Å². The third-order valence-corrected chi connectivity index (χ3v) is 10.2. The maximum atomic E-state index is 12.1. The number of ketones is 1. The Balaban J connectivity index is 1.53. The lowest BCUT2D eigenvalue weighted by atomic mass is 9.46. The SMILES string of the molecule is CC(C)CCC[C@@H](C)[C@H]1CC[C@H]2[C@@H]3C[C@@H](O)C4=CC(=O)CC[C@]4(C)[C@H]3CC[C@]12C. The number of fused-ring (bicyclic) bond motifs is 5. The Bertz CT molecular complexity index is 663. The molecule has 0 aliphatic heterocycles. The second-order valence-electron chi connectivity index (χ2n) is 12.1. The lowest BCUT2D eigenvalue weighted by Gasteiger charge is -2.59. The van der Waals surface area contributed by atoms with Gasteiger partial charge in [-0.2, -0.15) is 0 Å². The Morgan fingerprint density at radius 3 is 2.55 bits per heavy atom. The van der Waals surface area contributed by atoms with Gasteiger partial charge in [0, 0.05) is 6.42 Å². The zero-order valence-corrected chi connectivity index (χ0v) is 19.5. The predicted molar refractivity (Wildman–Crippen MR) is 119 cm³/mol. The van der Waals surface area contributed by atoms with Gasteiger partial charge in [-0.1, -0.05) is 53.9 Å². The molecule has 0 aromatic heterocycles. The fourth-order valence-electron chi connectivity index (χ4n) is 8.63. The summed E-state index contributed by atoms with van der Waals surface area (Å²) in [4.78, 5) is 12.1. The summed E-state index contributed by atoms with van der Waals surface area (Å²) in [5.74, 6) is 4.81. The van der Waals surface area contributed by atoms with Gasteiger partial charge in [-0.05, 0) is 96.5 Å². The van der Waals surface area contributed by atoms with Crippen LogP contribution in [0.25, 0.3) is 0 Å². The van der Waals surface area contributed by atoms with Gasteiger partial charge in [-0.25, -0.2) is 0 Å². The molecule has 4 aliphatic carbocycles. The zero-order chi connectivity index (χ0) is 21.0. The minimum Gasteiger partial charge on any atom is -0.389 e. The summed E-state index contributed by atoms with van der Waals surface area (Å²) in [5.41, 5.74) is 1.59. The van der Waals surface area contributed by atoms with Crippen LogP contribution >= 0.6 is 0 Å². The van der Waals surface area contributed by atoms with E-state index in [0.717, 1.165) is 42.1 Å². The highest BCUT2D eigenvalue weighted by molar-refractivity contribution is 5.91. The van der Waals surface area contributed by atoms with Crippen LogP contribution in [0.2, 0.25) is 0 Å². The minimum atomic E-state index is -0.393. The summed E-state index contributed by atoms with van der Waals surface area (Å²) in [5, 5.41) is 11.1. The lowest BCUT2D eigenvalue weighted by Crippen LogP contribution is -2.54. The van der Waals surface area contributed by atoms with E-state index in [-0.39, 0.29) is 11.2 Å². The molecule has 8 atom stereocenters. The zero-order valence-electron chi connectivity index (χ0n) is 19.5. The summed E-state index contributed by atoms with van der Waals surface area (Å²) in [7, 11) is 0. The van der Waals surface area contributed by atoms with Crippen LogP contribution in [0.5, 0.6) is 0 Å². The molecule has 0 bridgehead atoms. The second kappa shape index (κ2) is 7.81. The van der Waals surface area contributed by atoms with Gasteiger partial charge in [0.25, 0.3) is 0 Å². The molecular weight excluding hydrogens is 356 g/mol. The van der Waals surface area contributed by atoms with Crippen LogP contribution < -0.4 is 0 Å². The van der Waals surface area contributed by atoms with Crippen molar-refractivity contribution in [1.82, 2.24) is 0 Å². The maximum Gasteiger partial charge on any atom is 0.155 e. The number of carbonyl (C=O) groups is 1. The van der Waals surface area contributed by atoms with Crippen molar-refractivity contribution in [2.75, 3.05) is 0 Å². The van der Waals surface area contributed by atoms with E-state index in [4.69, 9.17) is 0 Å². The number of rotatable bonds is 5. The highest BCUT2D eigenvalue weighted by atomic mass is 16.3. The largest absolute Gasteiger partial charge is 0.389 e. The van der Waals surface area contributed by atoms with Gasteiger partial charge in [0.2, 0.25) is 0 Å².